The summed E-state index contributed by atoms with van der Waals surface area (Å²) < 4.78 is 16.3. The normalized spacial score (nSPS) is 15.5. The summed E-state index contributed by atoms with van der Waals surface area (Å²) in [6.07, 6.45) is 0. The molecule has 1 aliphatic rings. The fraction of sp³-hybridized carbons (Fsp3) is 0.207. The topological polar surface area (TPSA) is 89.7 Å². The van der Waals surface area contributed by atoms with Crippen molar-refractivity contribution >= 4 is 11.6 Å². The summed E-state index contributed by atoms with van der Waals surface area (Å²) in [5, 5.41) is 7.38. The highest BCUT2D eigenvalue weighted by molar-refractivity contribution is 5.87. The second-order valence-electron chi connectivity index (χ2n) is 8.88. The molecular formula is C29H28N4O4. The standard InChI is InChI=1S/C29H28N4O4/c1-18-6-5-7-20(16-18)17-33-19(2)25(26(30-29(33)34)21-8-12-23(35-3)13-9-21)28-31-27(32-37-28)22-10-14-24(36-4)15-11-22/h5-16,26H,17H2,1-4H3,(H,30,34). The molecule has 37 heavy (non-hydrogen) atoms. The second-order valence-corrected chi connectivity index (χ2v) is 8.88. The number of rotatable bonds is 7. The van der Waals surface area contributed by atoms with Crippen LogP contribution in [0.2, 0.25) is 0 Å². The van der Waals surface area contributed by atoms with Crippen molar-refractivity contribution in [2.24, 2.45) is 0 Å². The molecule has 8 nitrogen and oxygen atoms in total. The van der Waals surface area contributed by atoms with Crippen LogP contribution < -0.4 is 14.8 Å². The number of urea groups is 1. The van der Waals surface area contributed by atoms with Crippen LogP contribution in [0, 0.1) is 6.92 Å². The molecule has 3 aromatic carbocycles. The number of allylic oxidation sites excluding steroid dienone is 1. The number of hydrogen-bond donors (Lipinski definition) is 1. The number of carbonyl (C=O) groups is 1. The summed E-state index contributed by atoms with van der Waals surface area (Å²) >= 11 is 0. The first-order chi connectivity index (χ1) is 18.0. The number of methoxy groups -OCH3 is 2. The van der Waals surface area contributed by atoms with Gasteiger partial charge in [0.2, 0.25) is 5.82 Å². The molecule has 1 N–H and O–H groups in total. The molecule has 8 heteroatoms. The number of hydrogen-bond acceptors (Lipinski definition) is 6. The number of ether oxygens (including phenoxy) is 2. The monoisotopic (exact) mass is 496 g/mol. The van der Waals surface area contributed by atoms with Crippen molar-refractivity contribution in [1.29, 1.82) is 0 Å². The van der Waals surface area contributed by atoms with E-state index in [-0.39, 0.29) is 6.03 Å². The van der Waals surface area contributed by atoms with Crippen molar-refractivity contribution in [1.82, 2.24) is 20.4 Å². The third-order valence-electron chi connectivity index (χ3n) is 6.47. The van der Waals surface area contributed by atoms with Gasteiger partial charge in [-0.25, -0.2) is 4.79 Å². The van der Waals surface area contributed by atoms with Crippen LogP contribution in [-0.4, -0.2) is 35.3 Å². The molecule has 0 radical (unpaired) electrons. The van der Waals surface area contributed by atoms with E-state index in [9.17, 15) is 4.79 Å². The van der Waals surface area contributed by atoms with Crippen molar-refractivity contribution in [3.63, 3.8) is 0 Å². The Morgan fingerprint density at radius 2 is 1.62 bits per heavy atom. The Balaban J connectivity index is 1.57. The van der Waals surface area contributed by atoms with Crippen LogP contribution in [0.1, 0.15) is 35.5 Å². The van der Waals surface area contributed by atoms with Crippen molar-refractivity contribution in [3.8, 4) is 22.9 Å². The average Bonchev–Trinajstić information content (AvgIpc) is 3.40. The molecule has 1 aliphatic heterocycles. The Morgan fingerprint density at radius 3 is 2.27 bits per heavy atom. The van der Waals surface area contributed by atoms with Crippen molar-refractivity contribution in [2.75, 3.05) is 14.2 Å². The van der Waals surface area contributed by atoms with E-state index in [2.05, 4.69) is 16.5 Å². The highest BCUT2D eigenvalue weighted by Crippen LogP contribution is 2.38. The van der Waals surface area contributed by atoms with Crippen molar-refractivity contribution in [2.45, 2.75) is 26.4 Å². The molecule has 0 saturated heterocycles. The van der Waals surface area contributed by atoms with E-state index in [1.54, 1.807) is 19.1 Å². The molecule has 4 aromatic rings. The Bertz CT molecular complexity index is 1440. The Morgan fingerprint density at radius 1 is 0.946 bits per heavy atom. The van der Waals surface area contributed by atoms with Crippen LogP contribution >= 0.6 is 0 Å². The maximum atomic E-state index is 13.3. The smallest absolute Gasteiger partial charge is 0.322 e. The first-order valence-electron chi connectivity index (χ1n) is 11.9. The molecular weight excluding hydrogens is 468 g/mol. The molecule has 1 unspecified atom stereocenters. The van der Waals surface area contributed by atoms with Gasteiger partial charge in [0, 0.05) is 11.3 Å². The van der Waals surface area contributed by atoms with E-state index in [1.807, 2.05) is 80.6 Å². The predicted molar refractivity (Wildman–Crippen MR) is 140 cm³/mol. The van der Waals surface area contributed by atoms with E-state index < -0.39 is 6.04 Å². The van der Waals surface area contributed by atoms with E-state index in [0.717, 1.165) is 45.0 Å². The summed E-state index contributed by atoms with van der Waals surface area (Å²) in [6.45, 7) is 4.36. The molecule has 5 rings (SSSR count). The lowest BCUT2D eigenvalue weighted by molar-refractivity contribution is 0.203. The van der Waals surface area contributed by atoms with Gasteiger partial charge in [0.05, 0.1) is 32.4 Å². The minimum atomic E-state index is -0.476. The molecule has 2 amide bonds. The van der Waals surface area contributed by atoms with Gasteiger partial charge in [-0.3, -0.25) is 4.90 Å². The van der Waals surface area contributed by atoms with E-state index in [0.29, 0.717) is 18.3 Å². The quantitative estimate of drug-likeness (QED) is 0.350. The number of aryl methyl sites for hydroxylation is 1. The minimum Gasteiger partial charge on any atom is -0.497 e. The van der Waals surface area contributed by atoms with Crippen LogP contribution in [0.4, 0.5) is 4.79 Å². The molecule has 0 fully saturated rings. The summed E-state index contributed by atoms with van der Waals surface area (Å²) in [4.78, 5) is 19.8. The van der Waals surface area contributed by atoms with E-state index in [1.165, 1.54) is 0 Å². The van der Waals surface area contributed by atoms with Crippen LogP contribution in [0.3, 0.4) is 0 Å². The SMILES string of the molecule is COc1ccc(-c2noc(C3=C(C)N(Cc4cccc(C)c4)C(=O)NC3c3ccc(OC)cc3)n2)cc1. The molecule has 0 spiro atoms. The van der Waals surface area contributed by atoms with Gasteiger partial charge in [-0.05, 0) is 61.4 Å². The zero-order chi connectivity index (χ0) is 25.9. The Labute approximate surface area is 215 Å². The van der Waals surface area contributed by atoms with Crippen LogP contribution in [-0.2, 0) is 6.54 Å². The Hall–Kier alpha value is -4.59. The predicted octanol–water partition coefficient (Wildman–Crippen LogP) is 5.76. The average molecular weight is 497 g/mol. The molecule has 0 saturated carbocycles. The van der Waals surface area contributed by atoms with Gasteiger partial charge in [-0.2, -0.15) is 4.98 Å². The number of carbonyl (C=O) groups excluding carboxylic acids is 1. The molecule has 0 bridgehead atoms. The zero-order valence-electron chi connectivity index (χ0n) is 21.2. The fourth-order valence-corrected chi connectivity index (χ4v) is 4.48. The van der Waals surface area contributed by atoms with Gasteiger partial charge < -0.3 is 19.3 Å². The molecule has 1 aromatic heterocycles. The lowest BCUT2D eigenvalue weighted by Crippen LogP contribution is -2.45. The largest absolute Gasteiger partial charge is 0.497 e. The lowest BCUT2D eigenvalue weighted by atomic mass is 9.94. The first kappa shape index (κ1) is 24.1. The van der Waals surface area contributed by atoms with Gasteiger partial charge in [-0.15, -0.1) is 0 Å². The highest BCUT2D eigenvalue weighted by Gasteiger charge is 2.35. The maximum Gasteiger partial charge on any atom is 0.322 e. The second kappa shape index (κ2) is 10.2. The lowest BCUT2D eigenvalue weighted by Gasteiger charge is -2.35. The van der Waals surface area contributed by atoms with Gasteiger partial charge in [0.15, 0.2) is 0 Å². The molecule has 0 aliphatic carbocycles. The van der Waals surface area contributed by atoms with E-state index in [4.69, 9.17) is 19.0 Å². The zero-order valence-corrected chi connectivity index (χ0v) is 21.2. The van der Waals surface area contributed by atoms with Crippen LogP contribution in [0.5, 0.6) is 11.5 Å². The van der Waals surface area contributed by atoms with Gasteiger partial charge >= 0.3 is 6.03 Å². The summed E-state index contributed by atoms with van der Waals surface area (Å²) in [7, 11) is 3.24. The van der Waals surface area contributed by atoms with Crippen molar-refractivity contribution in [3.05, 3.63) is 101 Å². The highest BCUT2D eigenvalue weighted by atomic mass is 16.5. The number of benzene rings is 3. The van der Waals surface area contributed by atoms with Gasteiger partial charge in [0.1, 0.15) is 11.5 Å². The fourth-order valence-electron chi connectivity index (χ4n) is 4.48. The summed E-state index contributed by atoms with van der Waals surface area (Å²) in [5.74, 6) is 2.27. The third-order valence-corrected chi connectivity index (χ3v) is 6.47. The number of nitrogens with one attached hydrogen (secondary N) is 1. The summed E-state index contributed by atoms with van der Waals surface area (Å²) in [5.41, 5.74) is 5.32. The van der Waals surface area contributed by atoms with Crippen molar-refractivity contribution < 1.29 is 18.8 Å². The number of amides is 2. The first-order valence-corrected chi connectivity index (χ1v) is 11.9. The number of aromatic nitrogens is 2. The molecule has 188 valence electrons. The summed E-state index contributed by atoms with van der Waals surface area (Å²) in [6, 6.07) is 22.5. The van der Waals surface area contributed by atoms with Crippen LogP contribution in [0.25, 0.3) is 17.0 Å². The number of nitrogens with zero attached hydrogens (tertiary/aromatic N) is 3. The molecule has 2 heterocycles. The third kappa shape index (κ3) is 4.91. The maximum absolute atomic E-state index is 13.3. The van der Waals surface area contributed by atoms with Gasteiger partial charge in [-0.1, -0.05) is 47.1 Å². The van der Waals surface area contributed by atoms with E-state index >= 15 is 0 Å². The Kier molecular flexibility index (Phi) is 6.64. The van der Waals surface area contributed by atoms with Gasteiger partial charge in [0.25, 0.3) is 5.89 Å². The minimum absolute atomic E-state index is 0.196. The molecule has 1 atom stereocenters. The van der Waals surface area contributed by atoms with Crippen LogP contribution in [0.15, 0.2) is 83.0 Å².